The van der Waals surface area contributed by atoms with Gasteiger partial charge in [0.15, 0.2) is 5.82 Å². The van der Waals surface area contributed by atoms with Gasteiger partial charge in [-0.05, 0) is 37.1 Å². The van der Waals surface area contributed by atoms with Crippen molar-refractivity contribution in [2.45, 2.75) is 38.0 Å². The van der Waals surface area contributed by atoms with Crippen molar-refractivity contribution in [3.63, 3.8) is 0 Å². The van der Waals surface area contributed by atoms with E-state index in [0.717, 1.165) is 18.7 Å². The molecule has 0 atom stereocenters. The fraction of sp³-hybridized carbons (Fsp3) is 0.471. The smallest absolute Gasteiger partial charge is 0.251 e. The first-order valence-corrected chi connectivity index (χ1v) is 8.58. The molecular weight excluding hydrogens is 344 g/mol. The molecule has 1 aromatic carbocycles. The maximum atomic E-state index is 12.2. The van der Waals surface area contributed by atoms with Crippen LogP contribution in [0.15, 0.2) is 24.3 Å². The second-order valence-corrected chi connectivity index (χ2v) is 6.56. The number of halogens is 1. The summed E-state index contributed by atoms with van der Waals surface area (Å²) in [7, 11) is 1.63. The Hall–Kier alpha value is -1.96. The third-order valence-corrected chi connectivity index (χ3v) is 4.71. The summed E-state index contributed by atoms with van der Waals surface area (Å²) in [6.07, 6.45) is 1.60. The zero-order valence-corrected chi connectivity index (χ0v) is 14.7. The van der Waals surface area contributed by atoms with E-state index in [1.165, 1.54) is 0 Å². The summed E-state index contributed by atoms with van der Waals surface area (Å²) in [5.41, 5.74) is 0.596. The van der Waals surface area contributed by atoms with Gasteiger partial charge in [-0.1, -0.05) is 11.6 Å². The number of carbonyl (C=O) groups is 1. The molecule has 1 heterocycles. The van der Waals surface area contributed by atoms with Crippen molar-refractivity contribution in [3.8, 4) is 0 Å². The van der Waals surface area contributed by atoms with Crippen molar-refractivity contribution >= 4 is 17.5 Å². The predicted molar refractivity (Wildman–Crippen MR) is 92.5 cm³/mol. The molecule has 1 saturated carbocycles. The van der Waals surface area contributed by atoms with Crippen LogP contribution in [0.2, 0.25) is 5.02 Å². The highest BCUT2D eigenvalue weighted by molar-refractivity contribution is 6.30. The molecule has 0 spiro atoms. The molecule has 134 valence electrons. The molecular formula is C17H21ClN4O3. The van der Waals surface area contributed by atoms with E-state index in [1.54, 1.807) is 31.4 Å². The Labute approximate surface area is 151 Å². The van der Waals surface area contributed by atoms with E-state index in [1.807, 2.05) is 4.57 Å². The summed E-state index contributed by atoms with van der Waals surface area (Å²) < 4.78 is 7.02. The van der Waals surface area contributed by atoms with Gasteiger partial charge in [-0.2, -0.15) is 0 Å². The largest absolute Gasteiger partial charge is 0.388 e. The number of aromatic nitrogens is 3. The summed E-state index contributed by atoms with van der Waals surface area (Å²) in [5, 5.41) is 21.3. The SMILES string of the molecule is COCCn1c(CO)nnc1C1CC(NC(=O)c2ccc(Cl)cc2)C1. The molecule has 2 aromatic rings. The third kappa shape index (κ3) is 4.00. The molecule has 25 heavy (non-hydrogen) atoms. The highest BCUT2D eigenvalue weighted by atomic mass is 35.5. The van der Waals surface area contributed by atoms with Crippen LogP contribution in [0.1, 0.15) is 40.8 Å². The van der Waals surface area contributed by atoms with E-state index in [0.29, 0.717) is 29.6 Å². The van der Waals surface area contributed by atoms with Gasteiger partial charge in [-0.25, -0.2) is 0 Å². The number of carbonyl (C=O) groups excluding carboxylic acids is 1. The van der Waals surface area contributed by atoms with Crippen molar-refractivity contribution in [1.82, 2.24) is 20.1 Å². The van der Waals surface area contributed by atoms with Crippen LogP contribution in [-0.2, 0) is 17.9 Å². The molecule has 2 N–H and O–H groups in total. The van der Waals surface area contributed by atoms with Crippen LogP contribution in [0.3, 0.4) is 0 Å². The van der Waals surface area contributed by atoms with E-state index in [2.05, 4.69) is 15.5 Å². The van der Waals surface area contributed by atoms with Gasteiger partial charge in [0, 0.05) is 36.2 Å². The first-order chi connectivity index (χ1) is 12.1. The number of hydrogen-bond acceptors (Lipinski definition) is 5. The van der Waals surface area contributed by atoms with E-state index in [9.17, 15) is 9.90 Å². The quantitative estimate of drug-likeness (QED) is 0.781. The zero-order valence-electron chi connectivity index (χ0n) is 14.0. The average Bonchev–Trinajstić information content (AvgIpc) is 2.98. The van der Waals surface area contributed by atoms with Crippen LogP contribution in [0.5, 0.6) is 0 Å². The molecule has 1 aromatic heterocycles. The second-order valence-electron chi connectivity index (χ2n) is 6.12. The minimum absolute atomic E-state index is 0.1000. The highest BCUT2D eigenvalue weighted by Crippen LogP contribution is 2.36. The number of nitrogens with zero attached hydrogens (tertiary/aromatic N) is 3. The van der Waals surface area contributed by atoms with Gasteiger partial charge in [-0.3, -0.25) is 4.79 Å². The van der Waals surface area contributed by atoms with Crippen LogP contribution in [0.4, 0.5) is 0 Å². The number of hydrogen-bond donors (Lipinski definition) is 2. The molecule has 0 aliphatic heterocycles. The Morgan fingerprint density at radius 2 is 2.08 bits per heavy atom. The molecule has 3 rings (SSSR count). The summed E-state index contributed by atoms with van der Waals surface area (Å²) in [5.74, 6) is 1.51. The lowest BCUT2D eigenvalue weighted by molar-refractivity contribution is 0.0906. The van der Waals surface area contributed by atoms with Crippen LogP contribution in [0.25, 0.3) is 0 Å². The number of methoxy groups -OCH3 is 1. The minimum atomic E-state index is -0.153. The van der Waals surface area contributed by atoms with Crippen molar-refractivity contribution in [2.24, 2.45) is 0 Å². The van der Waals surface area contributed by atoms with Gasteiger partial charge in [-0.15, -0.1) is 10.2 Å². The Morgan fingerprint density at radius 1 is 1.36 bits per heavy atom. The molecule has 0 bridgehead atoms. The van der Waals surface area contributed by atoms with E-state index >= 15 is 0 Å². The number of nitrogens with one attached hydrogen (secondary N) is 1. The molecule has 8 heteroatoms. The monoisotopic (exact) mass is 364 g/mol. The molecule has 1 amide bonds. The third-order valence-electron chi connectivity index (χ3n) is 4.46. The number of benzene rings is 1. The van der Waals surface area contributed by atoms with Crippen molar-refractivity contribution in [1.29, 1.82) is 0 Å². The normalized spacial score (nSPS) is 19.5. The minimum Gasteiger partial charge on any atom is -0.388 e. The highest BCUT2D eigenvalue weighted by Gasteiger charge is 2.35. The topological polar surface area (TPSA) is 89.3 Å². The molecule has 0 radical (unpaired) electrons. The second kappa shape index (κ2) is 7.95. The maximum absolute atomic E-state index is 12.2. The summed E-state index contributed by atoms with van der Waals surface area (Å²) in [6, 6.07) is 6.94. The lowest BCUT2D eigenvalue weighted by Gasteiger charge is -2.35. The van der Waals surface area contributed by atoms with E-state index in [4.69, 9.17) is 16.3 Å². The van der Waals surface area contributed by atoms with Crippen molar-refractivity contribution in [3.05, 3.63) is 46.5 Å². The van der Waals surface area contributed by atoms with E-state index in [-0.39, 0.29) is 24.5 Å². The fourth-order valence-electron chi connectivity index (χ4n) is 3.01. The standard InChI is InChI=1S/C17H21ClN4O3/c1-25-7-6-22-15(10-23)20-21-16(22)12-8-14(9-12)19-17(24)11-2-4-13(18)5-3-11/h2-5,12,14,23H,6-10H2,1H3,(H,19,24). The molecule has 0 saturated heterocycles. The number of ether oxygens (including phenoxy) is 1. The van der Waals surface area contributed by atoms with Crippen LogP contribution in [-0.4, -0.2) is 45.5 Å². The molecule has 0 unspecified atom stereocenters. The summed E-state index contributed by atoms with van der Waals surface area (Å²) in [4.78, 5) is 12.2. The number of aliphatic hydroxyl groups excluding tert-OH is 1. The van der Waals surface area contributed by atoms with Crippen molar-refractivity contribution < 1.29 is 14.6 Å². The van der Waals surface area contributed by atoms with Crippen LogP contribution in [0, 0.1) is 0 Å². The van der Waals surface area contributed by atoms with Gasteiger partial charge in [0.05, 0.1) is 6.61 Å². The van der Waals surface area contributed by atoms with Crippen LogP contribution >= 0.6 is 11.6 Å². The fourth-order valence-corrected chi connectivity index (χ4v) is 3.14. The Morgan fingerprint density at radius 3 is 2.72 bits per heavy atom. The zero-order chi connectivity index (χ0) is 17.8. The molecule has 1 fully saturated rings. The summed E-state index contributed by atoms with van der Waals surface area (Å²) >= 11 is 5.84. The first-order valence-electron chi connectivity index (χ1n) is 8.20. The predicted octanol–water partition coefficient (Wildman–Crippen LogP) is 1.75. The Kier molecular flexibility index (Phi) is 5.67. The van der Waals surface area contributed by atoms with Gasteiger partial charge >= 0.3 is 0 Å². The molecule has 1 aliphatic carbocycles. The lowest BCUT2D eigenvalue weighted by Crippen LogP contribution is -2.44. The van der Waals surface area contributed by atoms with Gasteiger partial charge in [0.2, 0.25) is 0 Å². The van der Waals surface area contributed by atoms with Gasteiger partial charge in [0.1, 0.15) is 12.4 Å². The van der Waals surface area contributed by atoms with Crippen molar-refractivity contribution in [2.75, 3.05) is 13.7 Å². The number of rotatable bonds is 7. The molecule has 1 aliphatic rings. The van der Waals surface area contributed by atoms with Crippen LogP contribution < -0.4 is 5.32 Å². The Bertz CT molecular complexity index is 726. The Balaban J connectivity index is 1.58. The number of aliphatic hydroxyl groups is 1. The summed E-state index contributed by atoms with van der Waals surface area (Å²) in [6.45, 7) is 0.981. The average molecular weight is 365 g/mol. The van der Waals surface area contributed by atoms with E-state index < -0.39 is 0 Å². The van der Waals surface area contributed by atoms with Gasteiger partial charge in [0.25, 0.3) is 5.91 Å². The number of amides is 1. The lowest BCUT2D eigenvalue weighted by atomic mass is 9.79. The van der Waals surface area contributed by atoms with Gasteiger partial charge < -0.3 is 19.7 Å². The maximum Gasteiger partial charge on any atom is 0.251 e. The first kappa shape index (κ1) is 17.8. The molecule has 7 nitrogen and oxygen atoms in total.